The van der Waals surface area contributed by atoms with Crippen molar-refractivity contribution in [2.45, 2.75) is 12.0 Å². The molecule has 172 valence electrons. The Morgan fingerprint density at radius 1 is 0.848 bits per heavy atom. The minimum absolute atomic E-state index is 0.00217. The highest BCUT2D eigenvalue weighted by molar-refractivity contribution is 5.98. The zero-order valence-corrected chi connectivity index (χ0v) is 18.3. The third-order valence-corrected chi connectivity index (χ3v) is 5.35. The first-order valence-corrected chi connectivity index (χ1v) is 10.3. The van der Waals surface area contributed by atoms with Gasteiger partial charge in [0.05, 0.1) is 5.56 Å². The van der Waals surface area contributed by atoms with Crippen molar-refractivity contribution in [3.8, 4) is 23.0 Å². The second kappa shape index (κ2) is 8.62. The number of nitrogens with one attached hydrogen (secondary N) is 3. The van der Waals surface area contributed by atoms with E-state index in [1.165, 1.54) is 24.3 Å². The van der Waals surface area contributed by atoms with Crippen LogP contribution in [0.2, 0.25) is 0 Å². The van der Waals surface area contributed by atoms with Crippen LogP contribution in [0.15, 0.2) is 54.6 Å². The van der Waals surface area contributed by atoms with Crippen molar-refractivity contribution in [2.24, 2.45) is 0 Å². The summed E-state index contributed by atoms with van der Waals surface area (Å²) >= 11 is 0. The fourth-order valence-electron chi connectivity index (χ4n) is 4.03. The van der Waals surface area contributed by atoms with Crippen LogP contribution >= 0.6 is 0 Å². The molecule has 3 aromatic rings. The van der Waals surface area contributed by atoms with E-state index in [1.54, 1.807) is 37.4 Å². The fraction of sp³-hybridized carbons (Fsp3) is 0.208. The van der Waals surface area contributed by atoms with Gasteiger partial charge in [0.2, 0.25) is 0 Å². The summed E-state index contributed by atoms with van der Waals surface area (Å²) in [6.07, 6.45) is -0.982. The van der Waals surface area contributed by atoms with Crippen LogP contribution in [0.25, 0.3) is 0 Å². The zero-order valence-electron chi connectivity index (χ0n) is 18.3. The van der Waals surface area contributed by atoms with Gasteiger partial charge in [0.1, 0.15) is 23.0 Å². The van der Waals surface area contributed by atoms with Crippen molar-refractivity contribution in [1.82, 2.24) is 10.6 Å². The summed E-state index contributed by atoms with van der Waals surface area (Å²) in [6, 6.07) is 14.3. The summed E-state index contributed by atoms with van der Waals surface area (Å²) in [6.45, 7) is 0. The van der Waals surface area contributed by atoms with Crippen LogP contribution in [0.5, 0.6) is 23.0 Å². The van der Waals surface area contributed by atoms with Gasteiger partial charge in [-0.2, -0.15) is 0 Å². The number of carbonyl (C=O) groups excluding carboxylic acids is 1. The molecule has 0 saturated carbocycles. The first-order chi connectivity index (χ1) is 15.8. The van der Waals surface area contributed by atoms with Gasteiger partial charge in [0, 0.05) is 34.5 Å². The SMILES string of the molecule is CNC.CNC(O)Nc1ccc2c(c1)C(=O)OC21c2ccc(O)cc2Oc2cc(O)ccc21. The van der Waals surface area contributed by atoms with Crippen LogP contribution in [0.1, 0.15) is 27.0 Å². The number of phenolic OH excluding ortho intramolecular Hbond substituents is 2. The highest BCUT2D eigenvalue weighted by atomic mass is 16.6. The standard InChI is InChI=1S/C22H18N2O6.C2H7N/c1-23-21(28)24-11-2-5-15-14(8-11)20(27)30-22(15)16-6-3-12(25)9-18(16)29-19-10-13(26)4-7-17(19)22;1-3-2/h2-10,21,23-26,28H,1H3;3H,1-2H3. The quantitative estimate of drug-likeness (QED) is 0.262. The van der Waals surface area contributed by atoms with Crippen LogP contribution in [0.4, 0.5) is 5.69 Å². The summed E-state index contributed by atoms with van der Waals surface area (Å²) < 4.78 is 11.9. The molecule has 2 aliphatic rings. The van der Waals surface area contributed by atoms with E-state index < -0.39 is 17.9 Å². The third-order valence-electron chi connectivity index (χ3n) is 5.35. The van der Waals surface area contributed by atoms with Crippen molar-refractivity contribution in [3.63, 3.8) is 0 Å². The summed E-state index contributed by atoms with van der Waals surface area (Å²) in [4.78, 5) is 12.9. The van der Waals surface area contributed by atoms with Crippen molar-refractivity contribution >= 4 is 11.7 Å². The largest absolute Gasteiger partial charge is 0.508 e. The maximum absolute atomic E-state index is 12.9. The molecule has 9 nitrogen and oxygen atoms in total. The van der Waals surface area contributed by atoms with Gasteiger partial charge in [-0.1, -0.05) is 6.07 Å². The molecule has 0 aliphatic carbocycles. The highest BCUT2D eigenvalue weighted by Gasteiger charge is 2.53. The number of phenols is 2. The summed E-state index contributed by atoms with van der Waals surface area (Å²) in [5.41, 5.74) is 1.29. The molecule has 6 N–H and O–H groups in total. The van der Waals surface area contributed by atoms with E-state index in [-0.39, 0.29) is 11.5 Å². The van der Waals surface area contributed by atoms with E-state index in [4.69, 9.17) is 9.47 Å². The first kappa shape index (κ1) is 22.4. The number of esters is 1. The van der Waals surface area contributed by atoms with E-state index in [1.807, 2.05) is 14.1 Å². The number of hydrogen-bond donors (Lipinski definition) is 6. The number of anilines is 1. The molecule has 33 heavy (non-hydrogen) atoms. The highest BCUT2D eigenvalue weighted by Crippen LogP contribution is 2.57. The van der Waals surface area contributed by atoms with Crippen LogP contribution in [0.3, 0.4) is 0 Å². The molecular weight excluding hydrogens is 426 g/mol. The molecule has 0 bridgehead atoms. The number of aromatic hydroxyl groups is 2. The van der Waals surface area contributed by atoms with Crippen molar-refractivity contribution in [3.05, 3.63) is 76.9 Å². The average molecular weight is 451 g/mol. The van der Waals surface area contributed by atoms with Gasteiger partial charge in [0.25, 0.3) is 0 Å². The van der Waals surface area contributed by atoms with Crippen LogP contribution in [-0.2, 0) is 10.3 Å². The first-order valence-electron chi connectivity index (χ1n) is 10.3. The summed E-state index contributed by atoms with van der Waals surface area (Å²) in [7, 11) is 5.34. The average Bonchev–Trinajstić information content (AvgIpc) is 3.06. The molecule has 0 aromatic heterocycles. The van der Waals surface area contributed by atoms with Gasteiger partial charge in [-0.25, -0.2) is 4.79 Å². The summed E-state index contributed by atoms with van der Waals surface area (Å²) in [5, 5.41) is 37.9. The molecule has 1 atom stereocenters. The van der Waals surface area contributed by atoms with Crippen LogP contribution in [0, 0.1) is 0 Å². The Bertz CT molecular complexity index is 1160. The van der Waals surface area contributed by atoms with Crippen molar-refractivity contribution < 1.29 is 29.6 Å². The van der Waals surface area contributed by atoms with Gasteiger partial charge in [-0.05, 0) is 57.5 Å². The molecular formula is C24H25N3O6. The second-order valence-electron chi connectivity index (χ2n) is 7.63. The molecule has 0 amide bonds. The number of aliphatic hydroxyl groups is 1. The fourth-order valence-corrected chi connectivity index (χ4v) is 4.03. The summed E-state index contributed by atoms with van der Waals surface area (Å²) in [5.74, 6) is 0.103. The zero-order chi connectivity index (χ0) is 23.8. The number of ether oxygens (including phenoxy) is 2. The Morgan fingerprint density at radius 3 is 1.94 bits per heavy atom. The number of hydrogen-bond acceptors (Lipinski definition) is 9. The molecule has 2 heterocycles. The molecule has 5 rings (SSSR count). The molecule has 0 saturated heterocycles. The molecule has 9 heteroatoms. The van der Waals surface area contributed by atoms with Gasteiger partial charge in [-0.3, -0.25) is 5.32 Å². The van der Waals surface area contributed by atoms with Crippen LogP contribution < -0.4 is 20.7 Å². The number of rotatable bonds is 3. The lowest BCUT2D eigenvalue weighted by Crippen LogP contribution is -2.33. The van der Waals surface area contributed by atoms with E-state index in [9.17, 15) is 20.1 Å². The topological polar surface area (TPSA) is 132 Å². The Balaban J connectivity index is 0.000000821. The predicted octanol–water partition coefficient (Wildman–Crippen LogP) is 2.41. The van der Waals surface area contributed by atoms with Crippen molar-refractivity contribution in [1.29, 1.82) is 0 Å². The van der Waals surface area contributed by atoms with Gasteiger partial charge in [-0.15, -0.1) is 0 Å². The molecule has 2 aliphatic heterocycles. The van der Waals surface area contributed by atoms with E-state index >= 15 is 0 Å². The Labute approximate surface area is 190 Å². The lowest BCUT2D eigenvalue weighted by Gasteiger charge is -2.36. The maximum Gasteiger partial charge on any atom is 0.340 e. The van der Waals surface area contributed by atoms with Crippen LogP contribution in [-0.4, -0.2) is 48.8 Å². The Hall–Kier alpha value is -3.79. The minimum Gasteiger partial charge on any atom is -0.508 e. The monoisotopic (exact) mass is 451 g/mol. The van der Waals surface area contributed by atoms with E-state index in [0.717, 1.165) is 0 Å². The molecule has 1 spiro atoms. The smallest absolute Gasteiger partial charge is 0.340 e. The number of aliphatic hydroxyl groups excluding tert-OH is 1. The van der Waals surface area contributed by atoms with Crippen molar-refractivity contribution in [2.75, 3.05) is 26.5 Å². The lowest BCUT2D eigenvalue weighted by atomic mass is 9.77. The van der Waals surface area contributed by atoms with Gasteiger partial charge >= 0.3 is 5.97 Å². The number of carbonyl (C=O) groups is 1. The lowest BCUT2D eigenvalue weighted by molar-refractivity contribution is 0.0224. The normalized spacial score (nSPS) is 15.2. The Morgan fingerprint density at radius 2 is 1.39 bits per heavy atom. The van der Waals surface area contributed by atoms with Gasteiger partial charge in [0.15, 0.2) is 12.0 Å². The molecule has 3 aromatic carbocycles. The third kappa shape index (κ3) is 3.72. The predicted molar refractivity (Wildman–Crippen MR) is 122 cm³/mol. The number of fused-ring (bicyclic) bond motifs is 6. The molecule has 1 unspecified atom stereocenters. The van der Waals surface area contributed by atoms with E-state index in [0.29, 0.717) is 39.4 Å². The second-order valence-corrected chi connectivity index (χ2v) is 7.63. The van der Waals surface area contributed by atoms with E-state index in [2.05, 4.69) is 16.0 Å². The maximum atomic E-state index is 12.9. The minimum atomic E-state index is -1.29. The number of benzene rings is 3. The Kier molecular flexibility index (Phi) is 5.86. The van der Waals surface area contributed by atoms with Gasteiger partial charge < -0.3 is 35.4 Å². The molecule has 0 radical (unpaired) electrons. The molecule has 0 fully saturated rings.